The molecule has 4 rings (SSSR count). The van der Waals surface area contributed by atoms with Gasteiger partial charge in [-0.2, -0.15) is 0 Å². The summed E-state index contributed by atoms with van der Waals surface area (Å²) in [5, 5.41) is 11.2. The van der Waals surface area contributed by atoms with Gasteiger partial charge >= 0.3 is 0 Å². The fourth-order valence-electron chi connectivity index (χ4n) is 3.91. The number of rotatable bonds is 5. The second kappa shape index (κ2) is 8.26. The van der Waals surface area contributed by atoms with Crippen molar-refractivity contribution in [3.63, 3.8) is 0 Å². The van der Waals surface area contributed by atoms with Crippen LogP contribution in [0.3, 0.4) is 0 Å². The third-order valence-corrected chi connectivity index (χ3v) is 5.54. The van der Waals surface area contributed by atoms with E-state index in [2.05, 4.69) is 0 Å². The van der Waals surface area contributed by atoms with Gasteiger partial charge in [-0.1, -0.05) is 12.1 Å². The molecule has 7 heteroatoms. The molecule has 164 valence electrons. The van der Waals surface area contributed by atoms with Crippen molar-refractivity contribution in [3.8, 4) is 11.5 Å². The fraction of sp³-hybridized carbons (Fsp3) is 0.200. The van der Waals surface area contributed by atoms with Gasteiger partial charge in [-0.3, -0.25) is 14.5 Å². The molecule has 1 aliphatic heterocycles. The summed E-state index contributed by atoms with van der Waals surface area (Å²) >= 11 is 0. The number of aryl methyl sites for hydroxylation is 2. The molecular formula is C25H23NO6. The van der Waals surface area contributed by atoms with Gasteiger partial charge in [0.25, 0.3) is 11.7 Å². The second-order valence-corrected chi connectivity index (χ2v) is 7.54. The summed E-state index contributed by atoms with van der Waals surface area (Å²) in [6.45, 7) is 3.77. The highest BCUT2D eigenvalue weighted by Gasteiger charge is 2.48. The molecule has 2 heterocycles. The van der Waals surface area contributed by atoms with E-state index in [1.165, 1.54) is 25.4 Å². The van der Waals surface area contributed by atoms with Crippen LogP contribution in [0.2, 0.25) is 0 Å². The smallest absolute Gasteiger partial charge is 0.300 e. The van der Waals surface area contributed by atoms with E-state index in [0.29, 0.717) is 28.5 Å². The van der Waals surface area contributed by atoms with Gasteiger partial charge in [0.05, 0.1) is 26.1 Å². The molecule has 1 saturated heterocycles. The third kappa shape index (κ3) is 3.41. The highest BCUT2D eigenvalue weighted by atomic mass is 16.5. The van der Waals surface area contributed by atoms with E-state index in [0.717, 1.165) is 11.1 Å². The molecule has 0 bridgehead atoms. The van der Waals surface area contributed by atoms with Gasteiger partial charge in [0, 0.05) is 11.3 Å². The summed E-state index contributed by atoms with van der Waals surface area (Å²) < 4.78 is 16.2. The lowest BCUT2D eigenvalue weighted by Crippen LogP contribution is -2.30. The third-order valence-electron chi connectivity index (χ3n) is 5.54. The average Bonchev–Trinajstić information content (AvgIpc) is 3.41. The highest BCUT2D eigenvalue weighted by molar-refractivity contribution is 6.51. The van der Waals surface area contributed by atoms with Crippen molar-refractivity contribution in [2.24, 2.45) is 0 Å². The van der Waals surface area contributed by atoms with Gasteiger partial charge in [-0.05, 0) is 61.4 Å². The number of anilines is 1. The van der Waals surface area contributed by atoms with Crippen LogP contribution in [0.15, 0.2) is 64.8 Å². The zero-order valence-electron chi connectivity index (χ0n) is 18.2. The minimum atomic E-state index is -0.918. The van der Waals surface area contributed by atoms with Crippen LogP contribution in [-0.4, -0.2) is 31.0 Å². The summed E-state index contributed by atoms with van der Waals surface area (Å²) in [5.41, 5.74) is 2.60. The number of nitrogens with zero attached hydrogens (tertiary/aromatic N) is 1. The minimum Gasteiger partial charge on any atom is -0.507 e. The number of aliphatic hydroxyl groups is 1. The van der Waals surface area contributed by atoms with Crippen LogP contribution < -0.4 is 14.4 Å². The summed E-state index contributed by atoms with van der Waals surface area (Å²) in [6, 6.07) is 12.9. The number of ether oxygens (including phenoxy) is 2. The molecule has 1 aromatic heterocycles. The molecule has 1 unspecified atom stereocenters. The first-order valence-corrected chi connectivity index (χ1v) is 10.0. The van der Waals surface area contributed by atoms with E-state index in [4.69, 9.17) is 13.9 Å². The molecule has 7 nitrogen and oxygen atoms in total. The van der Waals surface area contributed by atoms with Crippen molar-refractivity contribution in [2.75, 3.05) is 19.1 Å². The van der Waals surface area contributed by atoms with Crippen molar-refractivity contribution in [1.82, 2.24) is 0 Å². The lowest BCUT2D eigenvalue weighted by Gasteiger charge is -2.25. The van der Waals surface area contributed by atoms with E-state index in [1.54, 1.807) is 30.3 Å². The number of amides is 1. The maximum absolute atomic E-state index is 13.2. The molecule has 1 aliphatic rings. The molecule has 1 fully saturated rings. The molecule has 1 N–H and O–H groups in total. The number of hydrogen-bond acceptors (Lipinski definition) is 6. The molecule has 0 aliphatic carbocycles. The van der Waals surface area contributed by atoms with Crippen LogP contribution in [0.1, 0.15) is 28.5 Å². The zero-order chi connectivity index (χ0) is 23.0. The number of ketones is 1. The molecule has 1 atom stereocenters. The molecular weight excluding hydrogens is 410 g/mol. The zero-order valence-corrected chi connectivity index (χ0v) is 18.2. The maximum Gasteiger partial charge on any atom is 0.300 e. The number of aliphatic hydroxyl groups excluding tert-OH is 1. The van der Waals surface area contributed by atoms with Crippen LogP contribution in [-0.2, 0) is 9.59 Å². The number of furan rings is 1. The quantitative estimate of drug-likeness (QED) is 0.361. The Hall–Kier alpha value is -4.00. The van der Waals surface area contributed by atoms with Crippen molar-refractivity contribution in [2.45, 2.75) is 19.9 Å². The number of carbonyl (C=O) groups is 2. The van der Waals surface area contributed by atoms with Crippen molar-refractivity contribution in [1.29, 1.82) is 0 Å². The summed E-state index contributed by atoms with van der Waals surface area (Å²) in [7, 11) is 2.98. The van der Waals surface area contributed by atoms with Gasteiger partial charge < -0.3 is 19.0 Å². The molecule has 0 spiro atoms. The van der Waals surface area contributed by atoms with Crippen LogP contribution in [0.4, 0.5) is 5.69 Å². The van der Waals surface area contributed by atoms with Gasteiger partial charge in [-0.15, -0.1) is 0 Å². The predicted octanol–water partition coefficient (Wildman–Crippen LogP) is 4.54. The number of carbonyl (C=O) groups excluding carboxylic acids is 2. The van der Waals surface area contributed by atoms with E-state index >= 15 is 0 Å². The Labute approximate surface area is 185 Å². The van der Waals surface area contributed by atoms with Crippen LogP contribution in [0.25, 0.3) is 5.76 Å². The summed E-state index contributed by atoms with van der Waals surface area (Å²) in [5.74, 6) is -0.621. The fourth-order valence-corrected chi connectivity index (χ4v) is 3.91. The topological polar surface area (TPSA) is 89.2 Å². The van der Waals surface area contributed by atoms with Crippen LogP contribution in [0, 0.1) is 13.8 Å². The van der Waals surface area contributed by atoms with Crippen molar-refractivity contribution < 1.29 is 28.6 Å². The Bertz CT molecular complexity index is 1230. The normalized spacial score (nSPS) is 17.6. The average molecular weight is 433 g/mol. The predicted molar refractivity (Wildman–Crippen MR) is 119 cm³/mol. The van der Waals surface area contributed by atoms with E-state index < -0.39 is 17.7 Å². The first kappa shape index (κ1) is 21.2. The molecule has 2 aromatic carbocycles. The maximum atomic E-state index is 13.2. The minimum absolute atomic E-state index is 0.0573. The lowest BCUT2D eigenvalue weighted by atomic mass is 9.98. The monoisotopic (exact) mass is 433 g/mol. The van der Waals surface area contributed by atoms with E-state index in [9.17, 15) is 14.7 Å². The Balaban J connectivity index is 1.94. The van der Waals surface area contributed by atoms with E-state index in [1.807, 2.05) is 32.0 Å². The summed E-state index contributed by atoms with van der Waals surface area (Å²) in [6.07, 6.45) is 1.47. The second-order valence-electron chi connectivity index (χ2n) is 7.54. The van der Waals surface area contributed by atoms with Gasteiger partial charge in [-0.25, -0.2) is 0 Å². The van der Waals surface area contributed by atoms with Crippen LogP contribution >= 0.6 is 0 Å². The van der Waals surface area contributed by atoms with Crippen molar-refractivity contribution in [3.05, 3.63) is 82.8 Å². The molecule has 32 heavy (non-hydrogen) atoms. The van der Waals surface area contributed by atoms with Gasteiger partial charge in [0.1, 0.15) is 17.6 Å². The highest BCUT2D eigenvalue weighted by Crippen LogP contribution is 2.44. The van der Waals surface area contributed by atoms with Gasteiger partial charge in [0.15, 0.2) is 11.5 Å². The Morgan fingerprint density at radius 1 is 1.00 bits per heavy atom. The summed E-state index contributed by atoms with van der Waals surface area (Å²) in [4.78, 5) is 27.8. The Morgan fingerprint density at radius 3 is 2.41 bits per heavy atom. The Morgan fingerprint density at radius 2 is 1.75 bits per heavy atom. The molecule has 3 aromatic rings. The first-order chi connectivity index (χ1) is 15.4. The van der Waals surface area contributed by atoms with Gasteiger partial charge in [0.2, 0.25) is 0 Å². The molecule has 0 saturated carbocycles. The number of hydrogen-bond donors (Lipinski definition) is 1. The molecule has 0 radical (unpaired) electrons. The Kier molecular flexibility index (Phi) is 5.48. The lowest BCUT2D eigenvalue weighted by molar-refractivity contribution is -0.132. The molecule has 1 amide bonds. The SMILES string of the molecule is COc1ccc(/C(O)=C2/C(=O)C(=O)N(c3cc(C)ccc3C)C2c2ccco2)cc1OC. The standard InChI is InChI=1S/C25H23NO6/c1-14-7-8-15(2)17(12-14)26-22(19-6-5-11-32-19)21(24(28)25(26)29)23(27)16-9-10-18(30-3)20(13-16)31-4/h5-13,22,27H,1-4H3/b23-21-. The number of methoxy groups -OCH3 is 2. The largest absolute Gasteiger partial charge is 0.507 e. The first-order valence-electron chi connectivity index (χ1n) is 10.0. The number of Topliss-reactive ketones (excluding diaryl/α,β-unsaturated/α-hetero) is 1. The van der Waals surface area contributed by atoms with Crippen molar-refractivity contribution >= 4 is 23.1 Å². The van der Waals surface area contributed by atoms with E-state index in [-0.39, 0.29) is 11.3 Å². The van der Waals surface area contributed by atoms with Crippen LogP contribution in [0.5, 0.6) is 11.5 Å². The number of benzene rings is 2.